The molecule has 0 radical (unpaired) electrons. The van der Waals surface area contributed by atoms with Gasteiger partial charge in [-0.05, 0) is 48.2 Å². The number of methoxy groups -OCH3 is 2. The van der Waals surface area contributed by atoms with Gasteiger partial charge in [0.15, 0.2) is 11.5 Å². The standard InChI is InChI=1S/C17H19FO3/c1-10-7-13(8-11(2)16(10)18)17(19)12-5-6-14(20-3)15(9-12)21-4/h5-9,17,19H,1-4H3. The number of aliphatic hydroxyl groups is 1. The predicted octanol–water partition coefficient (Wildman–Crippen LogP) is 3.54. The molecular formula is C17H19FO3. The Morgan fingerprint density at radius 2 is 1.48 bits per heavy atom. The van der Waals surface area contributed by atoms with Crippen molar-refractivity contribution in [3.8, 4) is 11.5 Å². The van der Waals surface area contributed by atoms with Crippen molar-refractivity contribution in [2.24, 2.45) is 0 Å². The normalized spacial score (nSPS) is 12.1. The van der Waals surface area contributed by atoms with Gasteiger partial charge in [-0.2, -0.15) is 0 Å². The summed E-state index contributed by atoms with van der Waals surface area (Å²) in [6.07, 6.45) is -0.845. The third-order valence-electron chi connectivity index (χ3n) is 3.50. The fourth-order valence-corrected chi connectivity index (χ4v) is 2.35. The van der Waals surface area contributed by atoms with E-state index in [0.29, 0.717) is 33.8 Å². The molecule has 0 heterocycles. The number of rotatable bonds is 4. The van der Waals surface area contributed by atoms with Gasteiger partial charge in [0.25, 0.3) is 0 Å². The number of halogens is 1. The largest absolute Gasteiger partial charge is 0.493 e. The first-order chi connectivity index (χ1) is 9.97. The molecule has 4 heteroatoms. The van der Waals surface area contributed by atoms with Crippen molar-refractivity contribution in [3.63, 3.8) is 0 Å². The monoisotopic (exact) mass is 290 g/mol. The Morgan fingerprint density at radius 1 is 0.905 bits per heavy atom. The lowest BCUT2D eigenvalue weighted by molar-refractivity contribution is 0.219. The van der Waals surface area contributed by atoms with Gasteiger partial charge in [-0.15, -0.1) is 0 Å². The maximum Gasteiger partial charge on any atom is 0.161 e. The van der Waals surface area contributed by atoms with Crippen molar-refractivity contribution in [3.05, 3.63) is 58.4 Å². The van der Waals surface area contributed by atoms with E-state index < -0.39 is 6.10 Å². The fourth-order valence-electron chi connectivity index (χ4n) is 2.35. The topological polar surface area (TPSA) is 38.7 Å². The molecule has 0 spiro atoms. The molecule has 21 heavy (non-hydrogen) atoms. The Labute approximate surface area is 124 Å². The highest BCUT2D eigenvalue weighted by Crippen LogP contribution is 2.33. The van der Waals surface area contributed by atoms with Gasteiger partial charge in [-0.1, -0.05) is 18.2 Å². The summed E-state index contributed by atoms with van der Waals surface area (Å²) in [5.41, 5.74) is 2.35. The summed E-state index contributed by atoms with van der Waals surface area (Å²) in [4.78, 5) is 0. The maximum atomic E-state index is 13.7. The molecule has 0 aliphatic heterocycles. The van der Waals surface area contributed by atoms with E-state index in [1.165, 1.54) is 0 Å². The summed E-state index contributed by atoms with van der Waals surface area (Å²) < 4.78 is 24.1. The lowest BCUT2D eigenvalue weighted by Gasteiger charge is -2.16. The molecule has 2 aromatic rings. The van der Waals surface area contributed by atoms with Crippen LogP contribution >= 0.6 is 0 Å². The maximum absolute atomic E-state index is 13.7. The zero-order chi connectivity index (χ0) is 15.6. The van der Waals surface area contributed by atoms with E-state index in [0.717, 1.165) is 0 Å². The molecule has 0 aromatic heterocycles. The Balaban J connectivity index is 2.42. The molecule has 2 rings (SSSR count). The number of hydrogen-bond donors (Lipinski definition) is 1. The van der Waals surface area contributed by atoms with Crippen LogP contribution < -0.4 is 9.47 Å². The minimum atomic E-state index is -0.845. The van der Waals surface area contributed by atoms with Crippen LogP contribution in [-0.4, -0.2) is 19.3 Å². The average molecular weight is 290 g/mol. The summed E-state index contributed by atoms with van der Waals surface area (Å²) in [6.45, 7) is 3.38. The van der Waals surface area contributed by atoms with Crippen LogP contribution in [0.4, 0.5) is 4.39 Å². The average Bonchev–Trinajstić information content (AvgIpc) is 2.50. The summed E-state index contributed by atoms with van der Waals surface area (Å²) in [5, 5.41) is 10.5. The molecule has 0 bridgehead atoms. The summed E-state index contributed by atoms with van der Waals surface area (Å²) in [5.74, 6) is 0.905. The van der Waals surface area contributed by atoms with Gasteiger partial charge in [0.05, 0.1) is 14.2 Å². The van der Waals surface area contributed by atoms with Crippen molar-refractivity contribution in [1.29, 1.82) is 0 Å². The molecule has 3 nitrogen and oxygen atoms in total. The molecule has 0 aliphatic rings. The molecular weight excluding hydrogens is 271 g/mol. The van der Waals surface area contributed by atoms with E-state index in [4.69, 9.17) is 9.47 Å². The second-order valence-electron chi connectivity index (χ2n) is 4.99. The Kier molecular flexibility index (Phi) is 4.48. The van der Waals surface area contributed by atoms with E-state index in [1.54, 1.807) is 58.4 Å². The molecule has 2 aromatic carbocycles. The van der Waals surface area contributed by atoms with Gasteiger partial charge in [-0.3, -0.25) is 0 Å². The van der Waals surface area contributed by atoms with Gasteiger partial charge in [0.1, 0.15) is 11.9 Å². The predicted molar refractivity (Wildman–Crippen MR) is 79.5 cm³/mol. The number of aliphatic hydroxyl groups excluding tert-OH is 1. The molecule has 0 saturated carbocycles. The van der Waals surface area contributed by atoms with E-state index in [9.17, 15) is 9.50 Å². The van der Waals surface area contributed by atoms with E-state index in [2.05, 4.69) is 0 Å². The third kappa shape index (κ3) is 3.00. The van der Waals surface area contributed by atoms with Crippen LogP contribution in [0.5, 0.6) is 11.5 Å². The lowest BCUT2D eigenvalue weighted by atomic mass is 9.97. The highest BCUT2D eigenvalue weighted by molar-refractivity contribution is 5.46. The van der Waals surface area contributed by atoms with Crippen LogP contribution in [0, 0.1) is 19.7 Å². The van der Waals surface area contributed by atoms with E-state index in [1.807, 2.05) is 0 Å². The van der Waals surface area contributed by atoms with Crippen LogP contribution in [-0.2, 0) is 0 Å². The van der Waals surface area contributed by atoms with E-state index in [-0.39, 0.29) is 5.82 Å². The number of benzene rings is 2. The van der Waals surface area contributed by atoms with Gasteiger partial charge < -0.3 is 14.6 Å². The smallest absolute Gasteiger partial charge is 0.161 e. The first-order valence-corrected chi connectivity index (χ1v) is 6.64. The highest BCUT2D eigenvalue weighted by atomic mass is 19.1. The Bertz CT molecular complexity index is 629. The van der Waals surface area contributed by atoms with Crippen molar-refractivity contribution >= 4 is 0 Å². The molecule has 1 unspecified atom stereocenters. The van der Waals surface area contributed by atoms with Gasteiger partial charge in [0, 0.05) is 0 Å². The third-order valence-corrected chi connectivity index (χ3v) is 3.50. The first-order valence-electron chi connectivity index (χ1n) is 6.64. The summed E-state index contributed by atoms with van der Waals surface area (Å²) in [7, 11) is 3.10. The second kappa shape index (κ2) is 6.14. The van der Waals surface area contributed by atoms with Gasteiger partial charge >= 0.3 is 0 Å². The van der Waals surface area contributed by atoms with Crippen molar-refractivity contribution in [1.82, 2.24) is 0 Å². The van der Waals surface area contributed by atoms with Crippen LogP contribution in [0.15, 0.2) is 30.3 Å². The summed E-state index contributed by atoms with van der Waals surface area (Å²) in [6, 6.07) is 8.53. The van der Waals surface area contributed by atoms with Gasteiger partial charge in [-0.25, -0.2) is 4.39 Å². The van der Waals surface area contributed by atoms with Gasteiger partial charge in [0.2, 0.25) is 0 Å². The van der Waals surface area contributed by atoms with Crippen LogP contribution in [0.25, 0.3) is 0 Å². The molecule has 1 atom stereocenters. The zero-order valence-electron chi connectivity index (χ0n) is 12.6. The summed E-state index contributed by atoms with van der Waals surface area (Å²) >= 11 is 0. The minimum absolute atomic E-state index is 0.238. The molecule has 0 amide bonds. The molecule has 0 saturated heterocycles. The lowest BCUT2D eigenvalue weighted by Crippen LogP contribution is -2.03. The molecule has 0 fully saturated rings. The van der Waals surface area contributed by atoms with Crippen molar-refractivity contribution in [2.45, 2.75) is 20.0 Å². The van der Waals surface area contributed by atoms with E-state index >= 15 is 0 Å². The van der Waals surface area contributed by atoms with Crippen LogP contribution in [0.1, 0.15) is 28.4 Å². The number of ether oxygens (including phenoxy) is 2. The van der Waals surface area contributed by atoms with Crippen LogP contribution in [0.3, 0.4) is 0 Å². The zero-order valence-corrected chi connectivity index (χ0v) is 12.6. The number of hydrogen-bond acceptors (Lipinski definition) is 3. The quantitative estimate of drug-likeness (QED) is 0.936. The SMILES string of the molecule is COc1ccc(C(O)c2cc(C)c(F)c(C)c2)cc1OC. The van der Waals surface area contributed by atoms with Crippen molar-refractivity contribution < 1.29 is 19.0 Å². The molecule has 112 valence electrons. The van der Waals surface area contributed by atoms with Crippen molar-refractivity contribution in [2.75, 3.05) is 14.2 Å². The number of aryl methyl sites for hydroxylation is 2. The fraction of sp³-hybridized carbons (Fsp3) is 0.294. The Morgan fingerprint density at radius 3 is 2.00 bits per heavy atom. The first kappa shape index (κ1) is 15.3. The van der Waals surface area contributed by atoms with Crippen LogP contribution in [0.2, 0.25) is 0 Å². The minimum Gasteiger partial charge on any atom is -0.493 e. The Hall–Kier alpha value is -2.07. The molecule has 1 N–H and O–H groups in total. The second-order valence-corrected chi connectivity index (χ2v) is 4.99. The highest BCUT2D eigenvalue weighted by Gasteiger charge is 2.16. The molecule has 0 aliphatic carbocycles.